The Labute approximate surface area is 145 Å². The Morgan fingerprint density at radius 1 is 1.08 bits per heavy atom. The molecule has 0 saturated heterocycles. The molecule has 2 N–H and O–H groups in total. The minimum absolute atomic E-state index is 0.0133. The molecular weight excluding hydrogens is 331 g/mol. The molecule has 0 bridgehead atoms. The molecule has 0 heterocycles. The van der Waals surface area contributed by atoms with E-state index in [2.05, 4.69) is 10.6 Å². The van der Waals surface area contributed by atoms with Crippen molar-refractivity contribution < 1.29 is 14.0 Å². The lowest BCUT2D eigenvalue weighted by Gasteiger charge is -2.23. The molecule has 0 unspecified atom stereocenters. The summed E-state index contributed by atoms with van der Waals surface area (Å²) in [4.78, 5) is 24.7. The van der Waals surface area contributed by atoms with Gasteiger partial charge in [-0.3, -0.25) is 9.59 Å². The minimum atomic E-state index is -1.33. The van der Waals surface area contributed by atoms with Crippen LogP contribution in [-0.2, 0) is 16.1 Å². The molecule has 2 aromatic carbocycles. The van der Waals surface area contributed by atoms with Gasteiger partial charge in [-0.05, 0) is 38.1 Å². The summed E-state index contributed by atoms with van der Waals surface area (Å²) >= 11 is 5.87. The van der Waals surface area contributed by atoms with Gasteiger partial charge in [-0.1, -0.05) is 35.9 Å². The van der Waals surface area contributed by atoms with Crippen molar-refractivity contribution in [3.05, 3.63) is 64.9 Å². The number of anilines is 1. The van der Waals surface area contributed by atoms with Gasteiger partial charge >= 0.3 is 0 Å². The molecule has 2 rings (SSSR count). The zero-order valence-corrected chi connectivity index (χ0v) is 14.2. The van der Waals surface area contributed by atoms with E-state index in [0.29, 0.717) is 16.3 Å². The molecule has 0 aromatic heterocycles. The fraction of sp³-hybridized carbons (Fsp3) is 0.222. The standard InChI is InChI=1S/C18H18ClFN2O2/c1-18(2,17(24)22-14-8-5-7-13(19)10-14)16(23)21-11-12-6-3-4-9-15(12)20/h3-10H,11H2,1-2H3,(H,21,23)(H,22,24). The highest BCUT2D eigenvalue weighted by Gasteiger charge is 2.36. The van der Waals surface area contributed by atoms with Crippen molar-refractivity contribution in [3.8, 4) is 0 Å². The molecule has 0 fully saturated rings. The van der Waals surface area contributed by atoms with E-state index in [9.17, 15) is 14.0 Å². The first kappa shape index (κ1) is 17.9. The Balaban J connectivity index is 2.01. The monoisotopic (exact) mass is 348 g/mol. The second-order valence-electron chi connectivity index (χ2n) is 5.86. The number of halogens is 2. The van der Waals surface area contributed by atoms with Gasteiger partial charge in [-0.2, -0.15) is 0 Å². The van der Waals surface area contributed by atoms with Gasteiger partial charge in [0.15, 0.2) is 0 Å². The van der Waals surface area contributed by atoms with Crippen molar-refractivity contribution in [2.75, 3.05) is 5.32 Å². The summed E-state index contributed by atoms with van der Waals surface area (Å²) in [6.45, 7) is 3.02. The lowest BCUT2D eigenvalue weighted by molar-refractivity contribution is -0.138. The van der Waals surface area contributed by atoms with Crippen LogP contribution in [0.4, 0.5) is 10.1 Å². The van der Waals surface area contributed by atoms with Gasteiger partial charge in [0.2, 0.25) is 11.8 Å². The number of carbonyl (C=O) groups is 2. The lowest BCUT2D eigenvalue weighted by atomic mass is 9.90. The Kier molecular flexibility index (Phi) is 5.57. The number of amides is 2. The third-order valence-corrected chi connectivity index (χ3v) is 3.85. The highest BCUT2D eigenvalue weighted by molar-refractivity contribution is 6.31. The number of hydrogen-bond donors (Lipinski definition) is 2. The van der Waals surface area contributed by atoms with E-state index < -0.39 is 23.0 Å². The second kappa shape index (κ2) is 7.45. The van der Waals surface area contributed by atoms with Gasteiger partial charge in [0.05, 0.1) is 0 Å². The Bertz CT molecular complexity index is 762. The highest BCUT2D eigenvalue weighted by atomic mass is 35.5. The molecule has 0 radical (unpaired) electrons. The van der Waals surface area contributed by atoms with Gasteiger partial charge in [0.25, 0.3) is 0 Å². The summed E-state index contributed by atoms with van der Waals surface area (Å²) in [5, 5.41) is 5.73. The van der Waals surface area contributed by atoms with E-state index in [-0.39, 0.29) is 6.54 Å². The van der Waals surface area contributed by atoms with E-state index in [1.54, 1.807) is 42.5 Å². The maximum absolute atomic E-state index is 13.6. The molecule has 24 heavy (non-hydrogen) atoms. The predicted octanol–water partition coefficient (Wildman–Crippen LogP) is 3.76. The molecule has 2 aromatic rings. The van der Waals surface area contributed by atoms with Crippen LogP contribution >= 0.6 is 11.6 Å². The number of nitrogens with one attached hydrogen (secondary N) is 2. The second-order valence-corrected chi connectivity index (χ2v) is 6.30. The molecule has 126 valence electrons. The summed E-state index contributed by atoms with van der Waals surface area (Å²) in [6.07, 6.45) is 0. The zero-order chi connectivity index (χ0) is 17.7. The molecule has 0 aliphatic heterocycles. The van der Waals surface area contributed by atoms with Gasteiger partial charge in [0.1, 0.15) is 11.2 Å². The molecule has 4 nitrogen and oxygen atoms in total. The van der Waals surface area contributed by atoms with Crippen molar-refractivity contribution in [1.29, 1.82) is 0 Å². The van der Waals surface area contributed by atoms with Crippen LogP contribution in [0.3, 0.4) is 0 Å². The molecule has 6 heteroatoms. The smallest absolute Gasteiger partial charge is 0.239 e. The Morgan fingerprint density at radius 3 is 2.46 bits per heavy atom. The molecular formula is C18H18ClFN2O2. The topological polar surface area (TPSA) is 58.2 Å². The SMILES string of the molecule is CC(C)(C(=O)NCc1ccccc1F)C(=O)Nc1cccc(Cl)c1. The average molecular weight is 349 g/mol. The maximum Gasteiger partial charge on any atom is 0.239 e. The average Bonchev–Trinajstić information content (AvgIpc) is 2.53. The lowest BCUT2D eigenvalue weighted by Crippen LogP contribution is -2.44. The first-order chi connectivity index (χ1) is 11.3. The predicted molar refractivity (Wildman–Crippen MR) is 92.1 cm³/mol. The van der Waals surface area contributed by atoms with Crippen molar-refractivity contribution >= 4 is 29.1 Å². The highest BCUT2D eigenvalue weighted by Crippen LogP contribution is 2.21. The summed E-state index contributed by atoms with van der Waals surface area (Å²) in [6, 6.07) is 12.8. The molecule has 0 aliphatic rings. The van der Waals surface area contributed by atoms with Crippen LogP contribution in [-0.4, -0.2) is 11.8 Å². The van der Waals surface area contributed by atoms with Gasteiger partial charge in [-0.25, -0.2) is 4.39 Å². The largest absolute Gasteiger partial charge is 0.351 e. The van der Waals surface area contributed by atoms with E-state index in [1.165, 1.54) is 19.9 Å². The van der Waals surface area contributed by atoms with Crippen LogP contribution in [0.2, 0.25) is 5.02 Å². The van der Waals surface area contributed by atoms with Crippen LogP contribution in [0.5, 0.6) is 0 Å². The van der Waals surface area contributed by atoms with E-state index >= 15 is 0 Å². The normalized spacial score (nSPS) is 11.0. The summed E-state index contributed by atoms with van der Waals surface area (Å²) < 4.78 is 13.6. The molecule has 2 amide bonds. The molecule has 0 saturated carbocycles. The number of hydrogen-bond acceptors (Lipinski definition) is 2. The fourth-order valence-electron chi connectivity index (χ4n) is 1.99. The van der Waals surface area contributed by atoms with Gasteiger partial charge < -0.3 is 10.6 Å². The summed E-state index contributed by atoms with van der Waals surface area (Å²) in [7, 11) is 0. The van der Waals surface area contributed by atoms with Crippen molar-refractivity contribution in [1.82, 2.24) is 5.32 Å². The summed E-state index contributed by atoms with van der Waals surface area (Å²) in [5.74, 6) is -1.37. The molecule has 0 aliphatic carbocycles. The van der Waals surface area contributed by atoms with Crippen LogP contribution in [0.1, 0.15) is 19.4 Å². The molecule has 0 spiro atoms. The van der Waals surface area contributed by atoms with E-state index in [0.717, 1.165) is 0 Å². The van der Waals surface area contributed by atoms with Crippen molar-refractivity contribution in [3.63, 3.8) is 0 Å². The molecule has 0 atom stereocenters. The quantitative estimate of drug-likeness (QED) is 0.808. The van der Waals surface area contributed by atoms with Crippen LogP contribution < -0.4 is 10.6 Å². The van der Waals surface area contributed by atoms with Gasteiger partial charge in [-0.15, -0.1) is 0 Å². The first-order valence-electron chi connectivity index (χ1n) is 7.39. The number of rotatable bonds is 5. The third kappa shape index (κ3) is 4.32. The first-order valence-corrected chi connectivity index (χ1v) is 7.77. The third-order valence-electron chi connectivity index (χ3n) is 3.62. The number of benzene rings is 2. The summed E-state index contributed by atoms with van der Waals surface area (Å²) in [5.41, 5.74) is -0.465. The zero-order valence-electron chi connectivity index (χ0n) is 13.4. The van der Waals surface area contributed by atoms with E-state index in [4.69, 9.17) is 11.6 Å². The van der Waals surface area contributed by atoms with Crippen molar-refractivity contribution in [2.45, 2.75) is 20.4 Å². The minimum Gasteiger partial charge on any atom is -0.351 e. The Morgan fingerprint density at radius 2 is 1.79 bits per heavy atom. The number of carbonyl (C=O) groups excluding carboxylic acids is 2. The van der Waals surface area contributed by atoms with E-state index in [1.807, 2.05) is 0 Å². The van der Waals surface area contributed by atoms with Gasteiger partial charge in [0, 0.05) is 22.8 Å². The van der Waals surface area contributed by atoms with Crippen LogP contribution in [0.15, 0.2) is 48.5 Å². The van der Waals surface area contributed by atoms with Crippen molar-refractivity contribution in [2.24, 2.45) is 5.41 Å². The Hall–Kier alpha value is -2.40. The van der Waals surface area contributed by atoms with Crippen LogP contribution in [0, 0.1) is 11.2 Å². The fourth-order valence-corrected chi connectivity index (χ4v) is 2.19. The van der Waals surface area contributed by atoms with Crippen LogP contribution in [0.25, 0.3) is 0 Å². The maximum atomic E-state index is 13.6.